The Morgan fingerprint density at radius 1 is 1.21 bits per heavy atom. The Labute approximate surface area is 182 Å². The van der Waals surface area contributed by atoms with Gasteiger partial charge in [-0.3, -0.25) is 9.69 Å². The molecule has 0 bridgehead atoms. The van der Waals surface area contributed by atoms with Crippen LogP contribution in [-0.2, 0) is 0 Å². The van der Waals surface area contributed by atoms with Gasteiger partial charge in [-0.05, 0) is 18.2 Å². The molecule has 1 aromatic heterocycles. The van der Waals surface area contributed by atoms with E-state index < -0.39 is 5.82 Å². The smallest absolute Gasteiger partial charge is 0.256 e. The van der Waals surface area contributed by atoms with E-state index in [1.54, 1.807) is 17.2 Å². The zero-order valence-electron chi connectivity index (χ0n) is 15.5. The van der Waals surface area contributed by atoms with Crippen LogP contribution in [0.15, 0.2) is 48.3 Å². The summed E-state index contributed by atoms with van der Waals surface area (Å²) in [6, 6.07) is 4.52. The Balaban J connectivity index is 1.38. The highest BCUT2D eigenvalue weighted by Gasteiger charge is 2.26. The van der Waals surface area contributed by atoms with Crippen molar-refractivity contribution in [1.29, 1.82) is 0 Å². The lowest BCUT2D eigenvalue weighted by Crippen LogP contribution is -2.50. The third-order valence-electron chi connectivity index (χ3n) is 4.98. The molecule has 29 heavy (non-hydrogen) atoms. The predicted octanol–water partition coefficient (Wildman–Crippen LogP) is 4.31. The predicted molar refractivity (Wildman–Crippen MR) is 115 cm³/mol. The summed E-state index contributed by atoms with van der Waals surface area (Å²) >= 11 is 13.3. The summed E-state index contributed by atoms with van der Waals surface area (Å²) in [4.78, 5) is 23.2. The van der Waals surface area contributed by atoms with Crippen molar-refractivity contribution in [2.24, 2.45) is 0 Å². The molecule has 0 aliphatic carbocycles. The summed E-state index contributed by atoms with van der Waals surface area (Å²) in [5.41, 5.74) is 1.16. The van der Waals surface area contributed by atoms with Crippen LogP contribution in [0.5, 0.6) is 0 Å². The second-order valence-electron chi connectivity index (χ2n) is 6.81. The van der Waals surface area contributed by atoms with Gasteiger partial charge in [-0.2, -0.15) is 0 Å². The number of allylic oxidation sites excluding steroid dienone is 2. The van der Waals surface area contributed by atoms with E-state index in [9.17, 15) is 9.18 Å². The van der Waals surface area contributed by atoms with E-state index in [1.807, 2.05) is 6.08 Å². The van der Waals surface area contributed by atoms with Gasteiger partial charge in [0.1, 0.15) is 4.34 Å². The number of benzene rings is 1. The molecule has 0 spiro atoms. The number of nitrogens with zero attached hydrogens (tertiary/aromatic N) is 4. The summed E-state index contributed by atoms with van der Waals surface area (Å²) in [5, 5.41) is 0.838. The molecule has 0 unspecified atom stereocenters. The number of rotatable bonds is 4. The van der Waals surface area contributed by atoms with Crippen molar-refractivity contribution in [3.8, 4) is 0 Å². The van der Waals surface area contributed by atoms with Gasteiger partial charge in [-0.1, -0.05) is 52.8 Å². The molecule has 1 fully saturated rings. The van der Waals surface area contributed by atoms with Crippen molar-refractivity contribution >= 4 is 45.6 Å². The van der Waals surface area contributed by atoms with Crippen molar-refractivity contribution in [1.82, 2.24) is 14.8 Å². The van der Waals surface area contributed by atoms with E-state index >= 15 is 0 Å². The first-order valence-corrected chi connectivity index (χ1v) is 10.8. The highest BCUT2D eigenvalue weighted by molar-refractivity contribution is 7.19. The summed E-state index contributed by atoms with van der Waals surface area (Å²) in [7, 11) is 0. The second-order valence-corrected chi connectivity index (χ2v) is 8.86. The fraction of sp³-hybridized carbons (Fsp3) is 0.300. The second kappa shape index (κ2) is 8.83. The van der Waals surface area contributed by atoms with Crippen LogP contribution in [0, 0.1) is 5.82 Å². The molecule has 0 radical (unpaired) electrons. The number of thiazole rings is 1. The van der Waals surface area contributed by atoms with Crippen LogP contribution in [0.3, 0.4) is 0 Å². The average molecular weight is 453 g/mol. The average Bonchev–Trinajstić information content (AvgIpc) is 3.17. The minimum absolute atomic E-state index is 0.0258. The largest absolute Gasteiger partial charge is 0.336 e. The third-order valence-corrected chi connectivity index (χ3v) is 6.41. The number of halogens is 3. The highest BCUT2D eigenvalue weighted by Crippen LogP contribution is 2.30. The maximum Gasteiger partial charge on any atom is 0.256 e. The lowest BCUT2D eigenvalue weighted by Gasteiger charge is -2.37. The van der Waals surface area contributed by atoms with Gasteiger partial charge in [0.25, 0.3) is 5.91 Å². The quantitative estimate of drug-likeness (QED) is 0.692. The van der Waals surface area contributed by atoms with Crippen molar-refractivity contribution < 1.29 is 9.18 Å². The number of carbonyl (C=O) groups is 1. The molecule has 4 rings (SSSR count). The fourth-order valence-electron chi connectivity index (χ4n) is 3.44. The Morgan fingerprint density at radius 3 is 2.72 bits per heavy atom. The topological polar surface area (TPSA) is 39.7 Å². The summed E-state index contributed by atoms with van der Waals surface area (Å²) in [5.74, 6) is -0.970. The Morgan fingerprint density at radius 2 is 2.00 bits per heavy atom. The minimum Gasteiger partial charge on any atom is -0.336 e. The van der Waals surface area contributed by atoms with E-state index in [0.717, 1.165) is 23.9 Å². The first kappa shape index (κ1) is 20.3. The maximum atomic E-state index is 14.2. The maximum absolute atomic E-state index is 14.2. The standard InChI is InChI=1S/C20H19Cl2FN4OS/c21-16-6-3-5-15(18(16)23)19(28)26-10-8-25(9-11-26)13-14-4-1-2-7-27(14)20-24-12-17(22)29-20/h1-6,12H,7-11,13H2. The number of aromatic nitrogens is 1. The minimum atomic E-state index is -0.654. The van der Waals surface area contributed by atoms with Gasteiger partial charge < -0.3 is 9.80 Å². The van der Waals surface area contributed by atoms with Crippen LogP contribution in [-0.4, -0.2) is 60.0 Å². The molecule has 1 amide bonds. The molecular formula is C20H19Cl2FN4OS. The molecule has 2 aliphatic rings. The lowest BCUT2D eigenvalue weighted by atomic mass is 10.1. The van der Waals surface area contributed by atoms with Crippen LogP contribution in [0.4, 0.5) is 9.52 Å². The van der Waals surface area contributed by atoms with Gasteiger partial charge in [-0.25, -0.2) is 9.37 Å². The Kier molecular flexibility index (Phi) is 6.20. The molecule has 1 aromatic carbocycles. The number of hydrogen-bond acceptors (Lipinski definition) is 5. The SMILES string of the molecule is O=C(c1cccc(Cl)c1F)N1CCN(CC2=CC=CCN2c2ncc(Cl)s2)CC1. The summed E-state index contributed by atoms with van der Waals surface area (Å²) in [6.07, 6.45) is 7.87. The highest BCUT2D eigenvalue weighted by atomic mass is 35.5. The monoisotopic (exact) mass is 452 g/mol. The number of carbonyl (C=O) groups excluding carboxylic acids is 1. The number of amides is 1. The molecule has 152 valence electrons. The zero-order valence-corrected chi connectivity index (χ0v) is 17.9. The molecule has 2 aliphatic heterocycles. The van der Waals surface area contributed by atoms with E-state index in [0.29, 0.717) is 30.5 Å². The van der Waals surface area contributed by atoms with Crippen molar-refractivity contribution in [2.45, 2.75) is 0 Å². The Hall–Kier alpha value is -1.93. The first-order valence-electron chi connectivity index (χ1n) is 9.23. The molecule has 2 aromatic rings. The van der Waals surface area contributed by atoms with Gasteiger partial charge in [-0.15, -0.1) is 0 Å². The van der Waals surface area contributed by atoms with Crippen LogP contribution in [0.25, 0.3) is 0 Å². The molecule has 3 heterocycles. The van der Waals surface area contributed by atoms with Crippen LogP contribution in [0.1, 0.15) is 10.4 Å². The fourth-order valence-corrected chi connectivity index (χ4v) is 4.56. The molecule has 0 atom stereocenters. The van der Waals surface area contributed by atoms with Gasteiger partial charge in [0.2, 0.25) is 0 Å². The summed E-state index contributed by atoms with van der Waals surface area (Å²) in [6.45, 7) is 3.99. The first-order chi connectivity index (χ1) is 14.0. The van der Waals surface area contributed by atoms with Crippen LogP contribution in [0.2, 0.25) is 9.36 Å². The van der Waals surface area contributed by atoms with Gasteiger partial charge in [0, 0.05) is 45.0 Å². The van der Waals surface area contributed by atoms with Crippen molar-refractivity contribution in [3.63, 3.8) is 0 Å². The van der Waals surface area contributed by atoms with E-state index in [4.69, 9.17) is 23.2 Å². The zero-order chi connectivity index (χ0) is 20.4. The third kappa shape index (κ3) is 4.48. The normalized spacial score (nSPS) is 17.6. The van der Waals surface area contributed by atoms with Gasteiger partial charge in [0.15, 0.2) is 10.9 Å². The number of anilines is 1. The van der Waals surface area contributed by atoms with Crippen LogP contribution < -0.4 is 4.90 Å². The molecule has 0 saturated carbocycles. The van der Waals surface area contributed by atoms with Gasteiger partial charge >= 0.3 is 0 Å². The lowest BCUT2D eigenvalue weighted by molar-refractivity contribution is 0.0642. The van der Waals surface area contributed by atoms with Gasteiger partial charge in [0.05, 0.1) is 16.8 Å². The number of hydrogen-bond donors (Lipinski definition) is 0. The Bertz CT molecular complexity index is 969. The van der Waals surface area contributed by atoms with Crippen LogP contribution >= 0.6 is 34.5 Å². The molecule has 5 nitrogen and oxygen atoms in total. The molecule has 0 N–H and O–H groups in total. The molecule has 9 heteroatoms. The van der Waals surface area contributed by atoms with E-state index in [-0.39, 0.29) is 16.5 Å². The molecule has 1 saturated heterocycles. The number of piperazine rings is 1. The van der Waals surface area contributed by atoms with Crippen molar-refractivity contribution in [3.05, 3.63) is 69.1 Å². The van der Waals surface area contributed by atoms with E-state index in [1.165, 1.54) is 23.5 Å². The summed E-state index contributed by atoms with van der Waals surface area (Å²) < 4.78 is 14.8. The van der Waals surface area contributed by atoms with Crippen molar-refractivity contribution in [2.75, 3.05) is 44.2 Å². The molecular weight excluding hydrogens is 434 g/mol. The van der Waals surface area contributed by atoms with E-state index in [2.05, 4.69) is 26.9 Å².